The second-order valence-corrected chi connectivity index (χ2v) is 6.17. The number of nitrogen functional groups attached to an aromatic ring is 1. The van der Waals surface area contributed by atoms with Gasteiger partial charge in [-0.15, -0.1) is 0 Å². The average Bonchev–Trinajstić information content (AvgIpc) is 2.37. The predicted octanol–water partition coefficient (Wildman–Crippen LogP) is 2.51. The molecule has 0 bridgehead atoms. The zero-order valence-electron chi connectivity index (χ0n) is 10.8. The number of hydrogen-bond acceptors (Lipinski definition) is 3. The van der Waals surface area contributed by atoms with Crippen LogP contribution < -0.4 is 10.0 Å². The smallest absolute Gasteiger partial charge is 0.269 e. The molecule has 0 unspecified atom stereocenters. The van der Waals surface area contributed by atoms with Crippen molar-refractivity contribution in [3.8, 4) is 0 Å². The third-order valence-corrected chi connectivity index (χ3v) is 4.68. The largest absolute Gasteiger partial charge is 0.399 e. The highest BCUT2D eigenvalue weighted by molar-refractivity contribution is 7.92. The number of halogens is 3. The molecule has 0 spiro atoms. The van der Waals surface area contributed by atoms with Crippen LogP contribution in [0.1, 0.15) is 0 Å². The molecule has 0 aromatic heterocycles. The number of anilines is 2. The summed E-state index contributed by atoms with van der Waals surface area (Å²) in [5, 5.41) is 0. The molecule has 0 aliphatic heterocycles. The second kappa shape index (κ2) is 5.28. The molecule has 21 heavy (non-hydrogen) atoms. The Morgan fingerprint density at radius 3 is 1.95 bits per heavy atom. The monoisotopic (exact) mass is 316 g/mol. The van der Waals surface area contributed by atoms with Crippen LogP contribution in [-0.2, 0) is 10.0 Å². The number of rotatable bonds is 3. The Balaban J connectivity index is 2.54. The normalized spacial score (nSPS) is 11.4. The zero-order valence-corrected chi connectivity index (χ0v) is 11.7. The van der Waals surface area contributed by atoms with Gasteiger partial charge in [-0.25, -0.2) is 21.6 Å². The molecule has 0 saturated heterocycles. The van der Waals surface area contributed by atoms with E-state index in [-0.39, 0.29) is 5.69 Å². The highest BCUT2D eigenvalue weighted by atomic mass is 32.2. The Hall–Kier alpha value is -2.22. The maximum Gasteiger partial charge on any atom is 0.269 e. The molecule has 0 aliphatic carbocycles. The van der Waals surface area contributed by atoms with E-state index in [2.05, 4.69) is 0 Å². The second-order valence-electron chi connectivity index (χ2n) is 4.26. The van der Waals surface area contributed by atoms with Crippen molar-refractivity contribution >= 4 is 21.4 Å². The summed E-state index contributed by atoms with van der Waals surface area (Å²) in [7, 11) is -3.38. The van der Waals surface area contributed by atoms with Gasteiger partial charge in [-0.05, 0) is 24.3 Å². The molecule has 0 heterocycles. The van der Waals surface area contributed by atoms with Crippen LogP contribution in [0.5, 0.6) is 0 Å². The average molecular weight is 316 g/mol. The Kier molecular flexibility index (Phi) is 3.82. The van der Waals surface area contributed by atoms with Gasteiger partial charge in [0, 0.05) is 24.9 Å². The van der Waals surface area contributed by atoms with Crippen molar-refractivity contribution in [1.29, 1.82) is 0 Å². The van der Waals surface area contributed by atoms with Crippen molar-refractivity contribution < 1.29 is 21.6 Å². The van der Waals surface area contributed by atoms with Crippen molar-refractivity contribution in [2.45, 2.75) is 4.90 Å². The first kappa shape index (κ1) is 15.2. The molecule has 112 valence electrons. The molecular weight excluding hydrogens is 305 g/mol. The Morgan fingerprint density at radius 1 is 1.00 bits per heavy atom. The summed E-state index contributed by atoms with van der Waals surface area (Å²) in [5.41, 5.74) is 6.05. The van der Waals surface area contributed by atoms with E-state index >= 15 is 0 Å². The topological polar surface area (TPSA) is 63.4 Å². The van der Waals surface area contributed by atoms with Gasteiger partial charge >= 0.3 is 0 Å². The highest BCUT2D eigenvalue weighted by Crippen LogP contribution is 2.27. The molecule has 0 fully saturated rings. The molecule has 2 aromatic rings. The molecule has 0 saturated carbocycles. The van der Waals surface area contributed by atoms with E-state index in [1.807, 2.05) is 0 Å². The molecular formula is C13H11F3N2O2S. The first-order valence-corrected chi connectivity index (χ1v) is 7.16. The van der Waals surface area contributed by atoms with E-state index < -0.39 is 32.4 Å². The van der Waals surface area contributed by atoms with E-state index in [0.29, 0.717) is 22.1 Å². The van der Waals surface area contributed by atoms with E-state index in [4.69, 9.17) is 5.73 Å². The lowest BCUT2D eigenvalue weighted by molar-refractivity contribution is 0.497. The lowest BCUT2D eigenvalue weighted by Crippen LogP contribution is -2.28. The van der Waals surface area contributed by atoms with E-state index in [1.165, 1.54) is 24.3 Å². The van der Waals surface area contributed by atoms with Gasteiger partial charge in [-0.2, -0.15) is 0 Å². The lowest BCUT2D eigenvalue weighted by atomic mass is 10.3. The molecule has 2 aromatic carbocycles. The van der Waals surface area contributed by atoms with Crippen molar-refractivity contribution in [3.05, 3.63) is 53.8 Å². The van der Waals surface area contributed by atoms with Crippen LogP contribution in [0.15, 0.2) is 41.3 Å². The Bertz CT molecular complexity index is 753. The number of sulfonamides is 1. The van der Waals surface area contributed by atoms with Crippen molar-refractivity contribution in [1.82, 2.24) is 0 Å². The highest BCUT2D eigenvalue weighted by Gasteiger charge is 2.29. The number of benzene rings is 2. The third kappa shape index (κ3) is 2.80. The minimum absolute atomic E-state index is 0.160. The molecule has 0 aliphatic rings. The fourth-order valence-corrected chi connectivity index (χ4v) is 3.02. The van der Waals surface area contributed by atoms with Crippen molar-refractivity contribution in [3.63, 3.8) is 0 Å². The number of hydrogen-bond donors (Lipinski definition) is 1. The van der Waals surface area contributed by atoms with E-state index in [1.54, 1.807) is 0 Å². The summed E-state index contributed by atoms with van der Waals surface area (Å²) in [6, 6.07) is 6.27. The lowest BCUT2D eigenvalue weighted by Gasteiger charge is -2.20. The van der Waals surface area contributed by atoms with Gasteiger partial charge < -0.3 is 5.73 Å². The minimum Gasteiger partial charge on any atom is -0.399 e. The molecule has 2 rings (SSSR count). The maximum atomic E-state index is 13.6. The summed E-state index contributed by atoms with van der Waals surface area (Å²) in [6.45, 7) is 0. The third-order valence-electron chi connectivity index (χ3n) is 2.84. The van der Waals surface area contributed by atoms with Crippen LogP contribution in [0.3, 0.4) is 0 Å². The van der Waals surface area contributed by atoms with Crippen molar-refractivity contribution in [2.24, 2.45) is 0 Å². The van der Waals surface area contributed by atoms with Crippen LogP contribution >= 0.6 is 0 Å². The first-order valence-electron chi connectivity index (χ1n) is 5.72. The van der Waals surface area contributed by atoms with Gasteiger partial charge in [-0.3, -0.25) is 4.31 Å². The molecule has 0 amide bonds. The van der Waals surface area contributed by atoms with Crippen LogP contribution in [0.2, 0.25) is 0 Å². The van der Waals surface area contributed by atoms with Crippen LogP contribution in [-0.4, -0.2) is 15.5 Å². The van der Waals surface area contributed by atoms with E-state index in [9.17, 15) is 21.6 Å². The standard InChI is InChI=1S/C13H11F3N2O2S/c1-18(10-4-2-9(17)3-5-10)21(19,20)13-11(15)6-8(14)7-12(13)16/h2-7H,17H2,1H3. The van der Waals surface area contributed by atoms with Gasteiger partial charge in [0.1, 0.15) is 17.5 Å². The van der Waals surface area contributed by atoms with Crippen LogP contribution in [0, 0.1) is 17.5 Å². The SMILES string of the molecule is CN(c1ccc(N)cc1)S(=O)(=O)c1c(F)cc(F)cc1F. The summed E-state index contributed by atoms with van der Waals surface area (Å²) >= 11 is 0. The summed E-state index contributed by atoms with van der Waals surface area (Å²) in [4.78, 5) is -1.21. The van der Waals surface area contributed by atoms with Crippen LogP contribution in [0.4, 0.5) is 24.5 Å². The van der Waals surface area contributed by atoms with Crippen molar-refractivity contribution in [2.75, 3.05) is 17.1 Å². The predicted molar refractivity (Wildman–Crippen MR) is 72.8 cm³/mol. The Labute approximate surface area is 119 Å². The molecule has 0 atom stereocenters. The quantitative estimate of drug-likeness (QED) is 0.885. The van der Waals surface area contributed by atoms with Gasteiger partial charge in [-0.1, -0.05) is 0 Å². The number of nitrogens with two attached hydrogens (primary N) is 1. The zero-order chi connectivity index (χ0) is 15.8. The van der Waals surface area contributed by atoms with Gasteiger partial charge in [0.15, 0.2) is 4.90 Å². The van der Waals surface area contributed by atoms with Crippen LogP contribution in [0.25, 0.3) is 0 Å². The summed E-state index contributed by atoms with van der Waals surface area (Å²) in [6.07, 6.45) is 0. The molecule has 0 radical (unpaired) electrons. The number of nitrogens with zero attached hydrogens (tertiary/aromatic N) is 1. The molecule has 8 heteroatoms. The fourth-order valence-electron chi connectivity index (χ4n) is 1.74. The fraction of sp³-hybridized carbons (Fsp3) is 0.0769. The minimum atomic E-state index is -4.51. The summed E-state index contributed by atoms with van der Waals surface area (Å²) < 4.78 is 65.4. The first-order chi connectivity index (χ1) is 9.73. The van der Waals surface area contributed by atoms with Gasteiger partial charge in [0.2, 0.25) is 0 Å². The molecule has 2 N–H and O–H groups in total. The van der Waals surface area contributed by atoms with Gasteiger partial charge in [0.25, 0.3) is 10.0 Å². The summed E-state index contributed by atoms with van der Waals surface area (Å²) in [5.74, 6) is -4.18. The maximum absolute atomic E-state index is 13.6. The van der Waals surface area contributed by atoms with E-state index in [0.717, 1.165) is 7.05 Å². The molecule has 4 nitrogen and oxygen atoms in total. The Morgan fingerprint density at radius 2 is 1.48 bits per heavy atom. The van der Waals surface area contributed by atoms with Gasteiger partial charge in [0.05, 0.1) is 5.69 Å².